The highest BCUT2D eigenvalue weighted by Gasteiger charge is 2.21. The quantitative estimate of drug-likeness (QED) is 0.800. The molecule has 2 rings (SSSR count). The highest BCUT2D eigenvalue weighted by atomic mass is 32.2. The fourth-order valence-corrected chi connectivity index (χ4v) is 2.58. The highest BCUT2D eigenvalue weighted by Crippen LogP contribution is 2.29. The van der Waals surface area contributed by atoms with E-state index in [0.29, 0.717) is 11.6 Å². The third kappa shape index (κ3) is 2.83. The maximum absolute atomic E-state index is 12.0. The summed E-state index contributed by atoms with van der Waals surface area (Å²) < 4.78 is 17.4. The zero-order chi connectivity index (χ0) is 11.5. The molecule has 0 aliphatic heterocycles. The fraction of sp³-hybridized carbons (Fsp3) is 0.500. The number of nitrogen functional groups attached to an aromatic ring is 1. The lowest BCUT2D eigenvalue weighted by Gasteiger charge is -2.08. The van der Waals surface area contributed by atoms with E-state index in [2.05, 4.69) is 0 Å². The minimum absolute atomic E-state index is 0.279. The van der Waals surface area contributed by atoms with E-state index in [1.54, 1.807) is 0 Å². The molecule has 0 amide bonds. The number of anilines is 1. The van der Waals surface area contributed by atoms with Crippen molar-refractivity contribution in [1.29, 1.82) is 0 Å². The molecule has 1 unspecified atom stereocenters. The van der Waals surface area contributed by atoms with Gasteiger partial charge >= 0.3 is 0 Å². The first kappa shape index (κ1) is 11.6. The van der Waals surface area contributed by atoms with E-state index >= 15 is 0 Å². The van der Waals surface area contributed by atoms with E-state index in [0.717, 1.165) is 17.1 Å². The van der Waals surface area contributed by atoms with Crippen LogP contribution in [-0.2, 0) is 15.5 Å². The molecule has 88 valence electrons. The zero-order valence-electron chi connectivity index (χ0n) is 9.44. The molecule has 0 heterocycles. The van der Waals surface area contributed by atoms with E-state index in [4.69, 9.17) is 10.5 Å². The van der Waals surface area contributed by atoms with Gasteiger partial charge in [0.2, 0.25) is 0 Å². The van der Waals surface area contributed by atoms with Crippen LogP contribution in [0.5, 0.6) is 0 Å². The Hall–Kier alpha value is -0.870. The molecule has 1 saturated carbocycles. The first-order valence-corrected chi connectivity index (χ1v) is 6.81. The molecule has 0 radical (unpaired) electrons. The summed E-state index contributed by atoms with van der Waals surface area (Å²) in [6.07, 6.45) is 2.51. The number of benzene rings is 1. The van der Waals surface area contributed by atoms with Gasteiger partial charge in [0.15, 0.2) is 0 Å². The lowest BCUT2D eigenvalue weighted by Crippen LogP contribution is -2.07. The summed E-state index contributed by atoms with van der Waals surface area (Å²) >= 11 is 0. The molecule has 1 aliphatic rings. The molecule has 0 aromatic heterocycles. The molecule has 3 nitrogen and oxygen atoms in total. The maximum atomic E-state index is 12.0. The minimum atomic E-state index is -1.10. The van der Waals surface area contributed by atoms with Crippen LogP contribution < -0.4 is 5.73 Å². The first-order chi connectivity index (χ1) is 7.68. The second kappa shape index (κ2) is 4.97. The Labute approximate surface area is 98.4 Å². The SMILES string of the molecule is Cc1c(N)cccc1S(=O)COCC1CC1. The van der Waals surface area contributed by atoms with Crippen molar-refractivity contribution in [3.63, 3.8) is 0 Å². The highest BCUT2D eigenvalue weighted by molar-refractivity contribution is 7.85. The summed E-state index contributed by atoms with van der Waals surface area (Å²) in [6.45, 7) is 2.64. The summed E-state index contributed by atoms with van der Waals surface area (Å²) in [6, 6.07) is 5.50. The minimum Gasteiger partial charge on any atom is -0.398 e. The van der Waals surface area contributed by atoms with Crippen LogP contribution in [-0.4, -0.2) is 16.8 Å². The first-order valence-electron chi connectivity index (χ1n) is 5.49. The van der Waals surface area contributed by atoms with E-state index in [9.17, 15) is 4.21 Å². The Morgan fingerprint density at radius 1 is 1.50 bits per heavy atom. The van der Waals surface area contributed by atoms with Gasteiger partial charge in [-0.05, 0) is 43.4 Å². The largest absolute Gasteiger partial charge is 0.398 e. The van der Waals surface area contributed by atoms with Crippen molar-refractivity contribution >= 4 is 16.5 Å². The van der Waals surface area contributed by atoms with Gasteiger partial charge in [-0.3, -0.25) is 4.21 Å². The molecular formula is C12H17NO2S. The van der Waals surface area contributed by atoms with Crippen molar-refractivity contribution in [2.75, 3.05) is 18.3 Å². The van der Waals surface area contributed by atoms with Gasteiger partial charge in [0, 0.05) is 10.6 Å². The smallest absolute Gasteiger partial charge is 0.126 e. The van der Waals surface area contributed by atoms with Crippen LogP contribution in [0.3, 0.4) is 0 Å². The Morgan fingerprint density at radius 2 is 2.25 bits per heavy atom. The van der Waals surface area contributed by atoms with Crippen LogP contribution in [0.2, 0.25) is 0 Å². The molecule has 1 aliphatic carbocycles. The Balaban J connectivity index is 1.93. The average molecular weight is 239 g/mol. The van der Waals surface area contributed by atoms with Crippen LogP contribution in [0.25, 0.3) is 0 Å². The van der Waals surface area contributed by atoms with Crippen LogP contribution in [0.4, 0.5) is 5.69 Å². The van der Waals surface area contributed by atoms with Gasteiger partial charge in [-0.1, -0.05) is 6.07 Å². The molecule has 1 atom stereocenters. The zero-order valence-corrected chi connectivity index (χ0v) is 10.3. The number of hydrogen-bond donors (Lipinski definition) is 1. The predicted molar refractivity (Wildman–Crippen MR) is 65.5 cm³/mol. The summed E-state index contributed by atoms with van der Waals surface area (Å²) in [5, 5.41) is 0. The van der Waals surface area contributed by atoms with Crippen LogP contribution in [0, 0.1) is 12.8 Å². The summed E-state index contributed by atoms with van der Waals surface area (Å²) in [7, 11) is -1.10. The molecule has 16 heavy (non-hydrogen) atoms. The normalized spacial score (nSPS) is 17.3. The van der Waals surface area contributed by atoms with Crippen molar-refractivity contribution in [3.8, 4) is 0 Å². The molecule has 4 heteroatoms. The van der Waals surface area contributed by atoms with Crippen LogP contribution in [0.15, 0.2) is 23.1 Å². The Kier molecular flexibility index (Phi) is 3.61. The van der Waals surface area contributed by atoms with E-state index in [-0.39, 0.29) is 5.94 Å². The molecule has 2 N–H and O–H groups in total. The molecule has 1 fully saturated rings. The van der Waals surface area contributed by atoms with Crippen LogP contribution >= 0.6 is 0 Å². The second-order valence-corrected chi connectivity index (χ2v) is 5.61. The van der Waals surface area contributed by atoms with Gasteiger partial charge in [-0.15, -0.1) is 0 Å². The van der Waals surface area contributed by atoms with Crippen LogP contribution in [0.1, 0.15) is 18.4 Å². The van der Waals surface area contributed by atoms with Crippen molar-refractivity contribution in [3.05, 3.63) is 23.8 Å². The van der Waals surface area contributed by atoms with Crippen molar-refractivity contribution in [2.45, 2.75) is 24.7 Å². The second-order valence-electron chi connectivity index (χ2n) is 4.25. The summed E-state index contributed by atoms with van der Waals surface area (Å²) in [5.41, 5.74) is 7.36. The molecule has 0 saturated heterocycles. The lowest BCUT2D eigenvalue weighted by atomic mass is 10.2. The number of nitrogens with two attached hydrogens (primary N) is 1. The monoisotopic (exact) mass is 239 g/mol. The van der Waals surface area contributed by atoms with E-state index < -0.39 is 10.8 Å². The predicted octanol–water partition coefficient (Wildman–Crippen LogP) is 2.07. The molecule has 1 aromatic carbocycles. The van der Waals surface area contributed by atoms with Crippen molar-refractivity contribution < 1.29 is 8.95 Å². The molecule has 0 spiro atoms. The standard InChI is InChI=1S/C12H17NO2S/c1-9-11(13)3-2-4-12(9)16(14)8-15-7-10-5-6-10/h2-4,10H,5-8,13H2,1H3. The van der Waals surface area contributed by atoms with Gasteiger partial charge in [0.1, 0.15) is 5.94 Å². The molecule has 0 bridgehead atoms. The van der Waals surface area contributed by atoms with Gasteiger partial charge < -0.3 is 10.5 Å². The van der Waals surface area contributed by atoms with Crippen molar-refractivity contribution in [2.24, 2.45) is 5.92 Å². The topological polar surface area (TPSA) is 52.3 Å². The lowest BCUT2D eigenvalue weighted by molar-refractivity contribution is 0.168. The number of ether oxygens (including phenoxy) is 1. The molecular weight excluding hydrogens is 222 g/mol. The van der Waals surface area contributed by atoms with Gasteiger partial charge in [-0.2, -0.15) is 0 Å². The fourth-order valence-electron chi connectivity index (χ4n) is 1.52. The van der Waals surface area contributed by atoms with Gasteiger partial charge in [0.25, 0.3) is 0 Å². The third-order valence-corrected chi connectivity index (χ3v) is 4.13. The van der Waals surface area contributed by atoms with E-state index in [1.165, 1.54) is 12.8 Å². The summed E-state index contributed by atoms with van der Waals surface area (Å²) in [4.78, 5) is 0.788. The van der Waals surface area contributed by atoms with E-state index in [1.807, 2.05) is 25.1 Å². The van der Waals surface area contributed by atoms with Gasteiger partial charge in [-0.25, -0.2) is 0 Å². The summed E-state index contributed by atoms with van der Waals surface area (Å²) in [5.74, 6) is 0.986. The third-order valence-electron chi connectivity index (χ3n) is 2.81. The number of hydrogen-bond acceptors (Lipinski definition) is 3. The average Bonchev–Trinajstić information content (AvgIpc) is 3.06. The van der Waals surface area contributed by atoms with Gasteiger partial charge in [0.05, 0.1) is 17.4 Å². The Bertz CT molecular complexity index is 402. The van der Waals surface area contributed by atoms with Crippen molar-refractivity contribution in [1.82, 2.24) is 0 Å². The molecule has 1 aromatic rings. The number of rotatable bonds is 5. The Morgan fingerprint density at radius 3 is 2.94 bits per heavy atom. The maximum Gasteiger partial charge on any atom is 0.126 e.